The summed E-state index contributed by atoms with van der Waals surface area (Å²) in [6, 6.07) is -0.604. The predicted octanol–water partition coefficient (Wildman–Crippen LogP) is -0.315. The SMILES string of the molecule is CC[C@H]([NH3+])C(=O)NCC(F)(F)F. The molecule has 0 aliphatic carbocycles. The van der Waals surface area contributed by atoms with E-state index in [1.54, 1.807) is 12.2 Å². The van der Waals surface area contributed by atoms with Crippen LogP contribution in [-0.2, 0) is 4.79 Å². The molecule has 0 aromatic carbocycles. The van der Waals surface area contributed by atoms with Gasteiger partial charge in [0.05, 0.1) is 0 Å². The third-order valence-electron chi connectivity index (χ3n) is 1.33. The monoisotopic (exact) mass is 185 g/mol. The highest BCUT2D eigenvalue weighted by Crippen LogP contribution is 2.11. The molecule has 4 N–H and O–H groups in total. The highest BCUT2D eigenvalue weighted by molar-refractivity contribution is 5.79. The lowest BCUT2D eigenvalue weighted by atomic mass is 10.2. The maximum atomic E-state index is 11.5. The van der Waals surface area contributed by atoms with Crippen LogP contribution in [-0.4, -0.2) is 24.7 Å². The van der Waals surface area contributed by atoms with Crippen LogP contribution in [0.4, 0.5) is 13.2 Å². The third kappa shape index (κ3) is 4.95. The molecule has 0 aliphatic rings. The van der Waals surface area contributed by atoms with Gasteiger partial charge in [0.2, 0.25) is 0 Å². The maximum Gasteiger partial charge on any atom is 0.405 e. The smallest absolute Gasteiger partial charge is 0.347 e. The Kier molecular flexibility index (Phi) is 4.02. The first kappa shape index (κ1) is 11.2. The molecule has 1 atom stereocenters. The molecule has 0 spiro atoms. The van der Waals surface area contributed by atoms with Gasteiger partial charge in [0.25, 0.3) is 5.91 Å². The van der Waals surface area contributed by atoms with Crippen molar-refractivity contribution in [2.24, 2.45) is 0 Å². The molecule has 6 heteroatoms. The van der Waals surface area contributed by atoms with Crippen LogP contribution in [0.2, 0.25) is 0 Å². The normalized spacial score (nSPS) is 14.1. The van der Waals surface area contributed by atoms with Gasteiger partial charge in [-0.1, -0.05) is 6.92 Å². The van der Waals surface area contributed by atoms with E-state index in [1.807, 2.05) is 0 Å². The highest BCUT2D eigenvalue weighted by Gasteiger charge is 2.29. The number of hydrogen-bond donors (Lipinski definition) is 2. The van der Waals surface area contributed by atoms with E-state index in [0.717, 1.165) is 0 Å². The first-order valence-electron chi connectivity index (χ1n) is 3.54. The number of alkyl halides is 3. The minimum Gasteiger partial charge on any atom is -0.347 e. The Morgan fingerprint density at radius 2 is 2.08 bits per heavy atom. The van der Waals surface area contributed by atoms with Crippen molar-refractivity contribution >= 4 is 5.91 Å². The van der Waals surface area contributed by atoms with Gasteiger partial charge in [-0.3, -0.25) is 4.79 Å². The lowest BCUT2D eigenvalue weighted by molar-refractivity contribution is -0.404. The fourth-order valence-electron chi connectivity index (χ4n) is 0.517. The predicted molar refractivity (Wildman–Crippen MR) is 36.0 cm³/mol. The molecule has 0 rings (SSSR count). The van der Waals surface area contributed by atoms with Crippen LogP contribution in [0.1, 0.15) is 13.3 Å². The molecule has 1 amide bonds. The van der Waals surface area contributed by atoms with Crippen molar-refractivity contribution in [1.82, 2.24) is 5.32 Å². The Balaban J connectivity index is 3.72. The first-order chi connectivity index (χ1) is 5.37. The molecule has 0 aromatic heterocycles. The number of rotatable bonds is 3. The van der Waals surface area contributed by atoms with Crippen molar-refractivity contribution in [3.05, 3.63) is 0 Å². The zero-order valence-corrected chi connectivity index (χ0v) is 6.74. The Labute approximate surface area is 68.1 Å². The fourth-order valence-corrected chi connectivity index (χ4v) is 0.517. The second-order valence-electron chi connectivity index (χ2n) is 2.44. The Bertz CT molecular complexity index is 157. The maximum absolute atomic E-state index is 11.5. The number of halogens is 3. The van der Waals surface area contributed by atoms with Crippen LogP contribution in [0.3, 0.4) is 0 Å². The number of hydrogen-bond acceptors (Lipinski definition) is 1. The lowest BCUT2D eigenvalue weighted by Crippen LogP contribution is -2.67. The summed E-state index contributed by atoms with van der Waals surface area (Å²) in [6.45, 7) is 0.405. The number of quaternary nitrogens is 1. The van der Waals surface area contributed by atoms with Crippen molar-refractivity contribution in [1.29, 1.82) is 0 Å². The second kappa shape index (κ2) is 4.30. The Hall–Kier alpha value is -0.780. The first-order valence-corrected chi connectivity index (χ1v) is 3.54. The molecule has 3 nitrogen and oxygen atoms in total. The summed E-state index contributed by atoms with van der Waals surface area (Å²) >= 11 is 0. The van der Waals surface area contributed by atoms with Crippen molar-refractivity contribution in [3.63, 3.8) is 0 Å². The lowest BCUT2D eigenvalue weighted by Gasteiger charge is -2.09. The third-order valence-corrected chi connectivity index (χ3v) is 1.33. The summed E-state index contributed by atoms with van der Waals surface area (Å²) in [4.78, 5) is 10.7. The number of nitrogens with one attached hydrogen (secondary N) is 1. The molecule has 0 aromatic rings. The summed E-state index contributed by atoms with van der Waals surface area (Å²) in [5, 5.41) is 1.75. The van der Waals surface area contributed by atoms with Gasteiger partial charge in [-0.2, -0.15) is 13.2 Å². The molecular formula is C6H12F3N2O+. The van der Waals surface area contributed by atoms with Crippen LogP contribution in [0, 0.1) is 0 Å². The van der Waals surface area contributed by atoms with Crippen molar-refractivity contribution in [2.45, 2.75) is 25.6 Å². The standard InChI is InChI=1S/C6H11F3N2O/c1-2-4(10)5(12)11-3-6(7,8)9/h4H,2-3,10H2,1H3,(H,11,12)/p+1/t4-/m0/s1. The molecule has 0 bridgehead atoms. The Morgan fingerprint density at radius 1 is 1.58 bits per heavy atom. The minimum absolute atomic E-state index is 0.434. The summed E-state index contributed by atoms with van der Waals surface area (Å²) < 4.78 is 34.6. The van der Waals surface area contributed by atoms with Gasteiger partial charge in [0.15, 0.2) is 6.04 Å². The van der Waals surface area contributed by atoms with Gasteiger partial charge in [0, 0.05) is 6.42 Å². The van der Waals surface area contributed by atoms with E-state index in [0.29, 0.717) is 6.42 Å². The van der Waals surface area contributed by atoms with Gasteiger partial charge in [-0.25, -0.2) is 0 Å². The van der Waals surface area contributed by atoms with Gasteiger partial charge < -0.3 is 11.1 Å². The van der Waals surface area contributed by atoms with Gasteiger partial charge >= 0.3 is 6.18 Å². The van der Waals surface area contributed by atoms with Crippen LogP contribution < -0.4 is 11.1 Å². The van der Waals surface area contributed by atoms with E-state index in [9.17, 15) is 18.0 Å². The van der Waals surface area contributed by atoms with E-state index in [1.165, 1.54) is 0 Å². The van der Waals surface area contributed by atoms with Crippen LogP contribution in [0.5, 0.6) is 0 Å². The second-order valence-corrected chi connectivity index (χ2v) is 2.44. The molecule has 0 saturated carbocycles. The van der Waals surface area contributed by atoms with Gasteiger partial charge in [-0.15, -0.1) is 0 Å². The van der Waals surface area contributed by atoms with Crippen LogP contribution in [0.15, 0.2) is 0 Å². The topological polar surface area (TPSA) is 56.7 Å². The molecule has 0 aliphatic heterocycles. The molecule has 0 fully saturated rings. The number of amides is 1. The Morgan fingerprint density at radius 3 is 2.42 bits per heavy atom. The van der Waals surface area contributed by atoms with E-state index in [4.69, 9.17) is 0 Å². The van der Waals surface area contributed by atoms with Crippen LogP contribution >= 0.6 is 0 Å². The minimum atomic E-state index is -4.34. The fraction of sp³-hybridized carbons (Fsp3) is 0.833. The van der Waals surface area contributed by atoms with Crippen LogP contribution in [0.25, 0.3) is 0 Å². The summed E-state index contributed by atoms with van der Waals surface area (Å²) in [5.41, 5.74) is 3.38. The summed E-state index contributed by atoms with van der Waals surface area (Å²) in [6.07, 6.45) is -3.91. The van der Waals surface area contributed by atoms with Gasteiger partial charge in [0.1, 0.15) is 6.54 Å². The molecule has 0 unspecified atom stereocenters. The molecule has 0 saturated heterocycles. The molecular weight excluding hydrogens is 173 g/mol. The zero-order valence-electron chi connectivity index (χ0n) is 6.74. The molecule has 0 heterocycles. The highest BCUT2D eigenvalue weighted by atomic mass is 19.4. The van der Waals surface area contributed by atoms with E-state index >= 15 is 0 Å². The van der Waals surface area contributed by atoms with Crippen molar-refractivity contribution < 1.29 is 23.7 Å². The van der Waals surface area contributed by atoms with Crippen molar-refractivity contribution in [3.8, 4) is 0 Å². The van der Waals surface area contributed by atoms with E-state index in [2.05, 4.69) is 5.73 Å². The number of carbonyl (C=O) groups is 1. The quantitative estimate of drug-likeness (QED) is 0.622. The molecule has 72 valence electrons. The molecule has 0 radical (unpaired) electrons. The average molecular weight is 185 g/mol. The van der Waals surface area contributed by atoms with Crippen molar-refractivity contribution in [2.75, 3.05) is 6.54 Å². The largest absolute Gasteiger partial charge is 0.405 e. The summed E-state index contributed by atoms with van der Waals surface area (Å²) in [7, 11) is 0. The molecule has 12 heavy (non-hydrogen) atoms. The average Bonchev–Trinajstić information content (AvgIpc) is 1.97. The number of carbonyl (C=O) groups excluding carboxylic acids is 1. The van der Waals surface area contributed by atoms with E-state index in [-0.39, 0.29) is 0 Å². The summed E-state index contributed by atoms with van der Waals surface area (Å²) in [5.74, 6) is -0.658. The van der Waals surface area contributed by atoms with E-state index < -0.39 is 24.7 Å². The zero-order chi connectivity index (χ0) is 9.78. The van der Waals surface area contributed by atoms with Gasteiger partial charge in [-0.05, 0) is 0 Å².